The standard InChI is InChI=1S/C18H36N2O2/c1-6-7-9-15(2)19-12-11-16-10-8-13-20(14-16)17(21)22-18(3,4)5/h15-16,19H,6-14H2,1-5H3. The Morgan fingerprint density at radius 3 is 2.77 bits per heavy atom. The number of nitrogens with zero attached hydrogens (tertiary/aromatic N) is 1. The van der Waals surface area contributed by atoms with Crippen LogP contribution in [0.4, 0.5) is 4.79 Å². The third-order valence-electron chi connectivity index (χ3n) is 4.21. The van der Waals surface area contributed by atoms with Gasteiger partial charge in [-0.1, -0.05) is 19.8 Å². The number of hydrogen-bond donors (Lipinski definition) is 1. The lowest BCUT2D eigenvalue weighted by Gasteiger charge is -2.34. The summed E-state index contributed by atoms with van der Waals surface area (Å²) in [4.78, 5) is 14.0. The Balaban J connectivity index is 2.27. The smallest absolute Gasteiger partial charge is 0.410 e. The third kappa shape index (κ3) is 8.02. The van der Waals surface area contributed by atoms with Gasteiger partial charge in [0.15, 0.2) is 0 Å². The van der Waals surface area contributed by atoms with Crippen LogP contribution in [0.5, 0.6) is 0 Å². The topological polar surface area (TPSA) is 41.6 Å². The van der Waals surface area contributed by atoms with E-state index in [0.29, 0.717) is 12.0 Å². The molecule has 0 aromatic rings. The molecule has 1 saturated heterocycles. The third-order valence-corrected chi connectivity index (χ3v) is 4.21. The van der Waals surface area contributed by atoms with Crippen molar-refractivity contribution in [2.75, 3.05) is 19.6 Å². The van der Waals surface area contributed by atoms with Crippen LogP contribution in [-0.2, 0) is 4.74 Å². The molecule has 0 aliphatic carbocycles. The predicted octanol–water partition coefficient (Wildman–Crippen LogP) is 4.19. The number of rotatable bonds is 7. The summed E-state index contributed by atoms with van der Waals surface area (Å²) in [5, 5.41) is 3.61. The summed E-state index contributed by atoms with van der Waals surface area (Å²) in [6.07, 6.45) is 7.13. The molecular weight excluding hydrogens is 276 g/mol. The van der Waals surface area contributed by atoms with E-state index in [0.717, 1.165) is 32.5 Å². The summed E-state index contributed by atoms with van der Waals surface area (Å²) < 4.78 is 5.48. The first-order valence-electron chi connectivity index (χ1n) is 9.03. The van der Waals surface area contributed by atoms with Gasteiger partial charge in [-0.2, -0.15) is 0 Å². The van der Waals surface area contributed by atoms with E-state index in [1.165, 1.54) is 25.7 Å². The summed E-state index contributed by atoms with van der Waals surface area (Å²) in [6, 6.07) is 0.602. The largest absolute Gasteiger partial charge is 0.444 e. The van der Waals surface area contributed by atoms with Crippen molar-refractivity contribution in [3.63, 3.8) is 0 Å². The van der Waals surface area contributed by atoms with Crippen LogP contribution in [0.15, 0.2) is 0 Å². The van der Waals surface area contributed by atoms with Gasteiger partial charge >= 0.3 is 6.09 Å². The molecule has 0 spiro atoms. The molecule has 0 bridgehead atoms. The van der Waals surface area contributed by atoms with E-state index >= 15 is 0 Å². The summed E-state index contributed by atoms with van der Waals surface area (Å²) in [6.45, 7) is 13.0. The molecule has 1 fully saturated rings. The summed E-state index contributed by atoms with van der Waals surface area (Å²) in [7, 11) is 0. The van der Waals surface area contributed by atoms with Crippen LogP contribution < -0.4 is 5.32 Å². The molecule has 4 heteroatoms. The maximum absolute atomic E-state index is 12.1. The van der Waals surface area contributed by atoms with Crippen LogP contribution in [0.25, 0.3) is 0 Å². The lowest BCUT2D eigenvalue weighted by Crippen LogP contribution is -2.43. The van der Waals surface area contributed by atoms with Crippen molar-refractivity contribution in [3.8, 4) is 0 Å². The summed E-state index contributed by atoms with van der Waals surface area (Å²) in [5.74, 6) is 0.604. The van der Waals surface area contributed by atoms with Crippen LogP contribution in [0, 0.1) is 5.92 Å². The molecule has 0 saturated carbocycles. The molecule has 2 unspecified atom stereocenters. The van der Waals surface area contributed by atoms with Gasteiger partial charge in [-0.25, -0.2) is 4.79 Å². The SMILES string of the molecule is CCCCC(C)NCCC1CCCN(C(=O)OC(C)(C)C)C1. The van der Waals surface area contributed by atoms with Crippen molar-refractivity contribution in [1.29, 1.82) is 0 Å². The highest BCUT2D eigenvalue weighted by Crippen LogP contribution is 2.21. The van der Waals surface area contributed by atoms with Crippen molar-refractivity contribution in [1.82, 2.24) is 10.2 Å². The van der Waals surface area contributed by atoms with Gasteiger partial charge in [0.05, 0.1) is 0 Å². The van der Waals surface area contributed by atoms with E-state index in [4.69, 9.17) is 4.74 Å². The van der Waals surface area contributed by atoms with Crippen LogP contribution in [0.1, 0.15) is 73.1 Å². The van der Waals surface area contributed by atoms with E-state index in [-0.39, 0.29) is 6.09 Å². The Morgan fingerprint density at radius 1 is 1.41 bits per heavy atom. The normalized spacial score (nSPS) is 20.8. The number of hydrogen-bond acceptors (Lipinski definition) is 3. The molecule has 1 N–H and O–H groups in total. The minimum Gasteiger partial charge on any atom is -0.444 e. The second kappa shape index (κ2) is 9.39. The molecule has 22 heavy (non-hydrogen) atoms. The van der Waals surface area contributed by atoms with Crippen molar-refractivity contribution in [3.05, 3.63) is 0 Å². The van der Waals surface area contributed by atoms with E-state index in [9.17, 15) is 4.79 Å². The lowest BCUT2D eigenvalue weighted by molar-refractivity contribution is 0.0161. The molecule has 130 valence electrons. The second-order valence-electron chi connectivity index (χ2n) is 7.72. The first-order valence-corrected chi connectivity index (χ1v) is 9.03. The number of carbonyl (C=O) groups is 1. The Kier molecular flexibility index (Phi) is 8.23. The molecule has 2 atom stereocenters. The minimum absolute atomic E-state index is 0.151. The van der Waals surface area contributed by atoms with E-state index in [1.54, 1.807) is 0 Å². The molecule has 0 aromatic carbocycles. The average molecular weight is 312 g/mol. The Labute approximate surface area is 137 Å². The van der Waals surface area contributed by atoms with Crippen molar-refractivity contribution >= 4 is 6.09 Å². The average Bonchev–Trinajstić information content (AvgIpc) is 2.43. The maximum atomic E-state index is 12.1. The zero-order valence-corrected chi connectivity index (χ0v) is 15.3. The van der Waals surface area contributed by atoms with Crippen molar-refractivity contribution in [2.45, 2.75) is 84.8 Å². The van der Waals surface area contributed by atoms with Gasteiger partial charge in [-0.15, -0.1) is 0 Å². The number of amides is 1. The summed E-state index contributed by atoms with van der Waals surface area (Å²) in [5.41, 5.74) is -0.402. The number of likely N-dealkylation sites (tertiary alicyclic amines) is 1. The van der Waals surface area contributed by atoms with E-state index in [2.05, 4.69) is 19.2 Å². The predicted molar refractivity (Wildman–Crippen MR) is 92.1 cm³/mol. The molecule has 1 aliphatic rings. The van der Waals surface area contributed by atoms with E-state index in [1.807, 2.05) is 25.7 Å². The number of piperidine rings is 1. The zero-order valence-electron chi connectivity index (χ0n) is 15.3. The van der Waals surface area contributed by atoms with Crippen LogP contribution >= 0.6 is 0 Å². The molecule has 1 aliphatic heterocycles. The van der Waals surface area contributed by atoms with E-state index < -0.39 is 5.60 Å². The number of unbranched alkanes of at least 4 members (excludes halogenated alkanes) is 1. The maximum Gasteiger partial charge on any atom is 0.410 e. The summed E-state index contributed by atoms with van der Waals surface area (Å²) >= 11 is 0. The first-order chi connectivity index (χ1) is 10.3. The van der Waals surface area contributed by atoms with Gasteiger partial charge in [0, 0.05) is 19.1 Å². The van der Waals surface area contributed by atoms with Crippen molar-refractivity contribution < 1.29 is 9.53 Å². The van der Waals surface area contributed by atoms with Gasteiger partial charge in [-0.05, 0) is 65.8 Å². The fraction of sp³-hybridized carbons (Fsp3) is 0.944. The number of ether oxygens (including phenoxy) is 1. The molecule has 1 rings (SSSR count). The molecule has 1 amide bonds. The molecule has 0 radical (unpaired) electrons. The Bertz CT molecular complexity index is 326. The minimum atomic E-state index is -0.402. The second-order valence-corrected chi connectivity index (χ2v) is 7.72. The molecule has 1 heterocycles. The highest BCUT2D eigenvalue weighted by Gasteiger charge is 2.27. The van der Waals surface area contributed by atoms with Crippen LogP contribution in [0.3, 0.4) is 0 Å². The monoisotopic (exact) mass is 312 g/mol. The fourth-order valence-corrected chi connectivity index (χ4v) is 2.94. The highest BCUT2D eigenvalue weighted by atomic mass is 16.6. The van der Waals surface area contributed by atoms with Gasteiger partial charge < -0.3 is 15.0 Å². The van der Waals surface area contributed by atoms with Crippen molar-refractivity contribution in [2.24, 2.45) is 5.92 Å². The number of carbonyl (C=O) groups excluding carboxylic acids is 1. The molecular formula is C18H36N2O2. The number of nitrogens with one attached hydrogen (secondary N) is 1. The fourth-order valence-electron chi connectivity index (χ4n) is 2.94. The van der Waals surface area contributed by atoms with Gasteiger partial charge in [0.2, 0.25) is 0 Å². The first kappa shape index (κ1) is 19.3. The van der Waals surface area contributed by atoms with Crippen LogP contribution in [0.2, 0.25) is 0 Å². The van der Waals surface area contributed by atoms with Gasteiger partial charge in [-0.3, -0.25) is 0 Å². The van der Waals surface area contributed by atoms with Crippen LogP contribution in [-0.4, -0.2) is 42.3 Å². The molecule has 0 aromatic heterocycles. The zero-order chi connectivity index (χ0) is 16.6. The Hall–Kier alpha value is -0.770. The lowest BCUT2D eigenvalue weighted by atomic mass is 9.95. The Morgan fingerprint density at radius 2 is 2.14 bits per heavy atom. The van der Waals surface area contributed by atoms with Gasteiger partial charge in [0.25, 0.3) is 0 Å². The van der Waals surface area contributed by atoms with Gasteiger partial charge in [0.1, 0.15) is 5.60 Å². The highest BCUT2D eigenvalue weighted by molar-refractivity contribution is 5.68. The molecule has 4 nitrogen and oxygen atoms in total. The quantitative estimate of drug-likeness (QED) is 0.766.